The molecule has 1 atom stereocenters. The molecule has 1 aliphatic heterocycles. The summed E-state index contributed by atoms with van der Waals surface area (Å²) in [5, 5.41) is 0. The number of pyridine rings is 1. The summed E-state index contributed by atoms with van der Waals surface area (Å²) in [4.78, 5) is 30.3. The van der Waals surface area contributed by atoms with E-state index in [1.165, 1.54) is 4.57 Å². The molecular weight excluding hydrogens is 322 g/mol. The van der Waals surface area contributed by atoms with Gasteiger partial charge in [-0.3, -0.25) is 14.3 Å². The molecule has 2 aromatic heterocycles. The fourth-order valence-corrected chi connectivity index (χ4v) is 3.06. The molecule has 3 aromatic rings. The number of hydrogen-bond acceptors (Lipinski definition) is 5. The molecule has 0 spiro atoms. The zero-order valence-electron chi connectivity index (χ0n) is 13.7. The van der Waals surface area contributed by atoms with E-state index in [4.69, 9.17) is 9.15 Å². The molecule has 4 rings (SSSR count). The summed E-state index contributed by atoms with van der Waals surface area (Å²) in [6.07, 6.45) is 3.27. The predicted octanol–water partition coefficient (Wildman–Crippen LogP) is 1.74. The second-order valence-electron chi connectivity index (χ2n) is 6.00. The normalized spacial score (nSPS) is 17.8. The van der Waals surface area contributed by atoms with E-state index in [1.54, 1.807) is 42.5 Å². The molecule has 0 N–H and O–H groups in total. The van der Waals surface area contributed by atoms with Gasteiger partial charge in [0, 0.05) is 31.5 Å². The lowest BCUT2D eigenvalue weighted by molar-refractivity contribution is -0.0228. The second-order valence-corrected chi connectivity index (χ2v) is 6.00. The van der Waals surface area contributed by atoms with Gasteiger partial charge in [-0.15, -0.1) is 0 Å². The molecule has 1 saturated heterocycles. The Balaban J connectivity index is 1.60. The van der Waals surface area contributed by atoms with Crippen molar-refractivity contribution < 1.29 is 13.9 Å². The minimum absolute atomic E-state index is 0.0853. The van der Waals surface area contributed by atoms with E-state index < -0.39 is 5.76 Å². The lowest BCUT2D eigenvalue weighted by Crippen LogP contribution is -2.42. The number of aryl methyl sites for hydroxylation is 1. The number of amides is 1. The number of hydrogen-bond donors (Lipinski definition) is 0. The summed E-state index contributed by atoms with van der Waals surface area (Å²) in [5.74, 6) is -0.526. The number of morpholine rings is 1. The fraction of sp³-hybridized carbons (Fsp3) is 0.278. The van der Waals surface area contributed by atoms with Crippen molar-refractivity contribution in [2.75, 3.05) is 19.7 Å². The van der Waals surface area contributed by atoms with Crippen molar-refractivity contribution in [3.8, 4) is 0 Å². The van der Waals surface area contributed by atoms with Crippen molar-refractivity contribution in [1.82, 2.24) is 14.5 Å². The number of rotatable bonds is 2. The average molecular weight is 339 g/mol. The quantitative estimate of drug-likeness (QED) is 0.711. The third-order valence-corrected chi connectivity index (χ3v) is 4.47. The highest BCUT2D eigenvalue weighted by molar-refractivity contribution is 5.97. The van der Waals surface area contributed by atoms with Gasteiger partial charge in [0.05, 0.1) is 18.7 Å². The Morgan fingerprint density at radius 1 is 1.24 bits per heavy atom. The largest absolute Gasteiger partial charge is 0.419 e. The number of ether oxygens (including phenoxy) is 1. The molecule has 3 heterocycles. The molecule has 0 bridgehead atoms. The van der Waals surface area contributed by atoms with E-state index in [0.717, 1.165) is 5.56 Å². The van der Waals surface area contributed by atoms with Crippen LogP contribution in [0.25, 0.3) is 11.1 Å². The van der Waals surface area contributed by atoms with Crippen LogP contribution in [-0.2, 0) is 11.8 Å². The molecular formula is C18H17N3O4. The summed E-state index contributed by atoms with van der Waals surface area (Å²) in [6, 6.07) is 8.83. The van der Waals surface area contributed by atoms with Crippen LogP contribution in [0, 0.1) is 0 Å². The molecule has 0 radical (unpaired) electrons. The first kappa shape index (κ1) is 15.6. The van der Waals surface area contributed by atoms with Crippen LogP contribution in [0.3, 0.4) is 0 Å². The van der Waals surface area contributed by atoms with Crippen molar-refractivity contribution >= 4 is 17.0 Å². The molecule has 7 nitrogen and oxygen atoms in total. The molecule has 0 unspecified atom stereocenters. The maximum atomic E-state index is 12.9. The van der Waals surface area contributed by atoms with Crippen LogP contribution in [0.5, 0.6) is 0 Å². The standard InChI is InChI=1S/C18H17N3O4/c1-20-14-10-13(2-3-15(14)25-18(20)23)17(22)21-8-9-24-16(11-21)12-4-6-19-7-5-12/h2-7,10,16H,8-9,11H2,1H3/t16-/m1/s1. The van der Waals surface area contributed by atoms with Crippen LogP contribution >= 0.6 is 0 Å². The molecule has 0 saturated carbocycles. The smallest absolute Gasteiger partial charge is 0.408 e. The van der Waals surface area contributed by atoms with Crippen LogP contribution in [0.2, 0.25) is 0 Å². The number of carbonyl (C=O) groups excluding carboxylic acids is 1. The van der Waals surface area contributed by atoms with Crippen molar-refractivity contribution in [2.45, 2.75) is 6.10 Å². The Labute approximate surface area is 143 Å². The van der Waals surface area contributed by atoms with Gasteiger partial charge >= 0.3 is 5.76 Å². The lowest BCUT2D eigenvalue weighted by atomic mass is 10.1. The summed E-state index contributed by atoms with van der Waals surface area (Å²) < 4.78 is 12.3. The summed E-state index contributed by atoms with van der Waals surface area (Å²) in [6.45, 7) is 1.49. The third kappa shape index (κ3) is 2.83. The van der Waals surface area contributed by atoms with Crippen LogP contribution in [-0.4, -0.2) is 40.1 Å². The van der Waals surface area contributed by atoms with Crippen LogP contribution < -0.4 is 5.76 Å². The molecule has 7 heteroatoms. The van der Waals surface area contributed by atoms with Crippen molar-refractivity contribution in [3.63, 3.8) is 0 Å². The van der Waals surface area contributed by atoms with Gasteiger partial charge in [0.25, 0.3) is 5.91 Å². The molecule has 25 heavy (non-hydrogen) atoms. The number of oxazole rings is 1. The first-order valence-electron chi connectivity index (χ1n) is 8.04. The maximum absolute atomic E-state index is 12.9. The first-order valence-corrected chi connectivity index (χ1v) is 8.04. The Kier molecular flexibility index (Phi) is 3.85. The number of aromatic nitrogens is 2. The minimum Gasteiger partial charge on any atom is -0.408 e. The molecule has 1 fully saturated rings. The van der Waals surface area contributed by atoms with Gasteiger partial charge in [-0.2, -0.15) is 0 Å². The van der Waals surface area contributed by atoms with Crippen molar-refractivity contribution in [2.24, 2.45) is 7.05 Å². The van der Waals surface area contributed by atoms with E-state index in [2.05, 4.69) is 4.98 Å². The second kappa shape index (κ2) is 6.18. The Morgan fingerprint density at radius 3 is 2.84 bits per heavy atom. The van der Waals surface area contributed by atoms with E-state index in [0.29, 0.717) is 36.4 Å². The Morgan fingerprint density at radius 2 is 2.04 bits per heavy atom. The van der Waals surface area contributed by atoms with Gasteiger partial charge in [0.15, 0.2) is 5.58 Å². The summed E-state index contributed by atoms with van der Waals surface area (Å²) >= 11 is 0. The number of carbonyl (C=O) groups is 1. The predicted molar refractivity (Wildman–Crippen MR) is 90.3 cm³/mol. The van der Waals surface area contributed by atoms with Gasteiger partial charge in [0.1, 0.15) is 6.10 Å². The van der Waals surface area contributed by atoms with Gasteiger partial charge < -0.3 is 14.1 Å². The molecule has 0 aliphatic carbocycles. The Bertz CT molecular complexity index is 977. The molecule has 128 valence electrons. The van der Waals surface area contributed by atoms with E-state index in [1.807, 2.05) is 12.1 Å². The Hall–Kier alpha value is -2.93. The maximum Gasteiger partial charge on any atom is 0.419 e. The number of benzene rings is 1. The first-order chi connectivity index (χ1) is 12.1. The van der Waals surface area contributed by atoms with Crippen LogP contribution in [0.1, 0.15) is 22.0 Å². The van der Waals surface area contributed by atoms with Gasteiger partial charge in [-0.05, 0) is 35.9 Å². The molecule has 1 aliphatic rings. The lowest BCUT2D eigenvalue weighted by Gasteiger charge is -2.33. The fourth-order valence-electron chi connectivity index (χ4n) is 3.06. The topological polar surface area (TPSA) is 77.6 Å². The highest BCUT2D eigenvalue weighted by Gasteiger charge is 2.26. The van der Waals surface area contributed by atoms with Gasteiger partial charge in [-0.25, -0.2) is 4.79 Å². The zero-order chi connectivity index (χ0) is 17.4. The highest BCUT2D eigenvalue weighted by atomic mass is 16.5. The van der Waals surface area contributed by atoms with Crippen LogP contribution in [0.4, 0.5) is 0 Å². The van der Waals surface area contributed by atoms with E-state index in [-0.39, 0.29) is 12.0 Å². The van der Waals surface area contributed by atoms with E-state index in [9.17, 15) is 9.59 Å². The molecule has 1 amide bonds. The van der Waals surface area contributed by atoms with Crippen LogP contribution in [0.15, 0.2) is 51.9 Å². The third-order valence-electron chi connectivity index (χ3n) is 4.47. The average Bonchev–Trinajstić information content (AvgIpc) is 2.95. The minimum atomic E-state index is -0.441. The van der Waals surface area contributed by atoms with Gasteiger partial charge in [0.2, 0.25) is 0 Å². The molecule has 1 aromatic carbocycles. The van der Waals surface area contributed by atoms with Crippen molar-refractivity contribution in [1.29, 1.82) is 0 Å². The zero-order valence-corrected chi connectivity index (χ0v) is 13.7. The number of nitrogens with zero attached hydrogens (tertiary/aromatic N) is 3. The monoisotopic (exact) mass is 339 g/mol. The van der Waals surface area contributed by atoms with Gasteiger partial charge in [-0.1, -0.05) is 0 Å². The summed E-state index contributed by atoms with van der Waals surface area (Å²) in [5.41, 5.74) is 2.61. The van der Waals surface area contributed by atoms with E-state index >= 15 is 0 Å². The van der Waals surface area contributed by atoms with Crippen molar-refractivity contribution in [3.05, 3.63) is 64.4 Å². The number of fused-ring (bicyclic) bond motifs is 1. The highest BCUT2D eigenvalue weighted by Crippen LogP contribution is 2.23. The summed E-state index contributed by atoms with van der Waals surface area (Å²) in [7, 11) is 1.62. The SMILES string of the molecule is Cn1c(=O)oc2ccc(C(=O)N3CCO[C@@H](c4ccncc4)C3)cc21.